The van der Waals surface area contributed by atoms with Crippen molar-refractivity contribution >= 4 is 0 Å². The third-order valence-electron chi connectivity index (χ3n) is 1.27. The van der Waals surface area contributed by atoms with Gasteiger partial charge in [0, 0.05) is 0 Å². The van der Waals surface area contributed by atoms with Crippen LogP contribution in [0.5, 0.6) is 5.88 Å². The number of rotatable bonds is 2. The predicted octanol–water partition coefficient (Wildman–Crippen LogP) is 0.749. The number of aromatic nitrogens is 2. The van der Waals surface area contributed by atoms with E-state index < -0.39 is 0 Å². The summed E-state index contributed by atoms with van der Waals surface area (Å²) in [5, 5.41) is 8.43. The molecule has 4 nitrogen and oxygen atoms in total. The fourth-order valence-electron chi connectivity index (χ4n) is 0.650. The zero-order chi connectivity index (χ0) is 9.68. The second-order valence-corrected chi connectivity index (χ2v) is 2.28. The summed E-state index contributed by atoms with van der Waals surface area (Å²) in [6.07, 6.45) is 7.45. The lowest BCUT2D eigenvalue weighted by molar-refractivity contribution is 0.266. The molecule has 0 spiro atoms. The van der Waals surface area contributed by atoms with Gasteiger partial charge in [-0.15, -0.1) is 6.42 Å². The second kappa shape index (κ2) is 4.08. The summed E-state index contributed by atoms with van der Waals surface area (Å²) in [6.45, 7) is 1.72. The summed E-state index contributed by atoms with van der Waals surface area (Å²) >= 11 is 0. The van der Waals surface area contributed by atoms with Gasteiger partial charge in [0.15, 0.2) is 11.8 Å². The quantitative estimate of drug-likeness (QED) is 0.619. The normalized spacial score (nSPS) is 11.0. The number of terminal acetylenes is 1. The Morgan fingerprint density at radius 3 is 2.77 bits per heavy atom. The minimum absolute atomic E-state index is 0.251. The molecule has 0 bridgehead atoms. The summed E-state index contributed by atoms with van der Waals surface area (Å²) in [7, 11) is 0. The van der Waals surface area contributed by atoms with E-state index in [0.29, 0.717) is 5.88 Å². The van der Waals surface area contributed by atoms with Crippen molar-refractivity contribution < 1.29 is 4.74 Å². The molecular weight excluding hydrogens is 166 g/mol. The van der Waals surface area contributed by atoms with Crippen molar-refractivity contribution in [3.63, 3.8) is 0 Å². The van der Waals surface area contributed by atoms with Gasteiger partial charge in [-0.2, -0.15) is 5.26 Å². The van der Waals surface area contributed by atoms with Crippen LogP contribution < -0.4 is 4.74 Å². The molecule has 4 heteroatoms. The third kappa shape index (κ3) is 2.46. The standard InChI is InChI=1S/C9H7N3O/c1-3-7(2)13-9-6-11-8(4-10)5-12-9/h1,5-7H,2H3. The lowest BCUT2D eigenvalue weighted by Gasteiger charge is -2.05. The number of hydrogen-bond acceptors (Lipinski definition) is 4. The molecule has 0 fully saturated rings. The lowest BCUT2D eigenvalue weighted by Crippen LogP contribution is -2.09. The molecule has 1 rings (SSSR count). The predicted molar refractivity (Wildman–Crippen MR) is 45.7 cm³/mol. The van der Waals surface area contributed by atoms with Crippen LogP contribution >= 0.6 is 0 Å². The van der Waals surface area contributed by atoms with Crippen LogP contribution in [-0.2, 0) is 0 Å². The Hall–Kier alpha value is -2.07. The van der Waals surface area contributed by atoms with Crippen LogP contribution in [0, 0.1) is 23.7 Å². The molecule has 0 N–H and O–H groups in total. The van der Waals surface area contributed by atoms with E-state index in [4.69, 9.17) is 16.4 Å². The summed E-state index contributed by atoms with van der Waals surface area (Å²) in [6, 6.07) is 1.85. The molecule has 0 radical (unpaired) electrons. The second-order valence-electron chi connectivity index (χ2n) is 2.28. The summed E-state index contributed by atoms with van der Waals surface area (Å²) in [5.74, 6) is 2.71. The summed E-state index contributed by atoms with van der Waals surface area (Å²) in [4.78, 5) is 7.60. The molecule has 0 aliphatic carbocycles. The minimum Gasteiger partial charge on any atom is -0.460 e. The van der Waals surface area contributed by atoms with Crippen LogP contribution in [-0.4, -0.2) is 16.1 Å². The van der Waals surface area contributed by atoms with Gasteiger partial charge in [0.1, 0.15) is 6.07 Å². The van der Waals surface area contributed by atoms with Gasteiger partial charge in [0.2, 0.25) is 5.88 Å². The maximum atomic E-state index is 8.43. The van der Waals surface area contributed by atoms with Crippen LogP contribution in [0.4, 0.5) is 0 Å². The Morgan fingerprint density at radius 2 is 2.31 bits per heavy atom. The first-order valence-corrected chi connectivity index (χ1v) is 3.61. The van der Waals surface area contributed by atoms with E-state index in [2.05, 4.69) is 15.9 Å². The third-order valence-corrected chi connectivity index (χ3v) is 1.27. The summed E-state index contributed by atoms with van der Waals surface area (Å²) in [5.41, 5.74) is 0.251. The highest BCUT2D eigenvalue weighted by Gasteiger charge is 2.00. The molecule has 0 saturated carbocycles. The van der Waals surface area contributed by atoms with Gasteiger partial charge < -0.3 is 4.74 Å². The van der Waals surface area contributed by atoms with Gasteiger partial charge in [-0.25, -0.2) is 9.97 Å². The zero-order valence-electron chi connectivity index (χ0n) is 7.06. The maximum Gasteiger partial charge on any atom is 0.233 e. The number of ether oxygens (including phenoxy) is 1. The van der Waals surface area contributed by atoms with Crippen molar-refractivity contribution in [3.8, 4) is 24.3 Å². The average Bonchev–Trinajstić information content (AvgIpc) is 2.19. The number of nitriles is 1. The molecule has 13 heavy (non-hydrogen) atoms. The lowest BCUT2D eigenvalue weighted by atomic mass is 10.4. The molecule has 0 saturated heterocycles. The molecule has 1 aromatic rings. The first-order chi connectivity index (χ1) is 6.26. The van der Waals surface area contributed by atoms with E-state index in [0.717, 1.165) is 0 Å². The van der Waals surface area contributed by atoms with Crippen LogP contribution in [0.2, 0.25) is 0 Å². The summed E-state index contributed by atoms with van der Waals surface area (Å²) < 4.78 is 5.14. The van der Waals surface area contributed by atoms with Crippen molar-refractivity contribution in [1.82, 2.24) is 9.97 Å². The molecular formula is C9H7N3O. The highest BCUT2D eigenvalue weighted by atomic mass is 16.5. The average molecular weight is 173 g/mol. The first kappa shape index (κ1) is 9.02. The topological polar surface area (TPSA) is 58.8 Å². The molecule has 0 aliphatic heterocycles. The van der Waals surface area contributed by atoms with Gasteiger partial charge in [0.25, 0.3) is 0 Å². The van der Waals surface area contributed by atoms with Crippen molar-refractivity contribution in [2.24, 2.45) is 0 Å². The SMILES string of the molecule is C#CC(C)Oc1cnc(C#N)cn1. The monoisotopic (exact) mass is 173 g/mol. The largest absolute Gasteiger partial charge is 0.460 e. The Bertz CT molecular complexity index is 358. The van der Waals surface area contributed by atoms with E-state index in [1.165, 1.54) is 12.4 Å². The van der Waals surface area contributed by atoms with Gasteiger partial charge >= 0.3 is 0 Å². The minimum atomic E-state index is -0.345. The molecule has 0 amide bonds. The number of hydrogen-bond donors (Lipinski definition) is 0. The molecule has 1 aromatic heterocycles. The Morgan fingerprint density at radius 1 is 1.54 bits per heavy atom. The fraction of sp³-hybridized carbons (Fsp3) is 0.222. The van der Waals surface area contributed by atoms with Crippen LogP contribution in [0.15, 0.2) is 12.4 Å². The molecule has 1 unspecified atom stereocenters. The van der Waals surface area contributed by atoms with Crippen LogP contribution in [0.1, 0.15) is 12.6 Å². The number of nitrogens with zero attached hydrogens (tertiary/aromatic N) is 3. The van der Waals surface area contributed by atoms with Crippen LogP contribution in [0.25, 0.3) is 0 Å². The first-order valence-electron chi connectivity index (χ1n) is 3.61. The van der Waals surface area contributed by atoms with E-state index >= 15 is 0 Å². The van der Waals surface area contributed by atoms with Gasteiger partial charge in [-0.05, 0) is 6.92 Å². The highest BCUT2D eigenvalue weighted by molar-refractivity contribution is 5.18. The molecule has 0 aromatic carbocycles. The Balaban J connectivity index is 2.72. The molecule has 64 valence electrons. The van der Waals surface area contributed by atoms with Gasteiger partial charge in [-0.1, -0.05) is 5.92 Å². The Kier molecular flexibility index (Phi) is 2.83. The smallest absolute Gasteiger partial charge is 0.233 e. The van der Waals surface area contributed by atoms with Crippen molar-refractivity contribution in [3.05, 3.63) is 18.1 Å². The maximum absolute atomic E-state index is 8.43. The van der Waals surface area contributed by atoms with Crippen LogP contribution in [0.3, 0.4) is 0 Å². The van der Waals surface area contributed by atoms with E-state index in [9.17, 15) is 0 Å². The van der Waals surface area contributed by atoms with E-state index in [1.807, 2.05) is 6.07 Å². The van der Waals surface area contributed by atoms with Gasteiger partial charge in [0.05, 0.1) is 12.4 Å². The van der Waals surface area contributed by atoms with E-state index in [1.54, 1.807) is 6.92 Å². The fourth-order valence-corrected chi connectivity index (χ4v) is 0.650. The highest BCUT2D eigenvalue weighted by Crippen LogP contribution is 2.05. The molecule has 0 aliphatic rings. The Labute approximate surface area is 76.2 Å². The van der Waals surface area contributed by atoms with Gasteiger partial charge in [-0.3, -0.25) is 0 Å². The molecule has 1 heterocycles. The van der Waals surface area contributed by atoms with Crippen molar-refractivity contribution in [2.75, 3.05) is 0 Å². The zero-order valence-corrected chi connectivity index (χ0v) is 7.06. The molecule has 1 atom stereocenters. The van der Waals surface area contributed by atoms with E-state index in [-0.39, 0.29) is 11.8 Å². The van der Waals surface area contributed by atoms with Crippen molar-refractivity contribution in [1.29, 1.82) is 5.26 Å². The van der Waals surface area contributed by atoms with Crippen molar-refractivity contribution in [2.45, 2.75) is 13.0 Å².